The molecule has 0 aliphatic heterocycles. The monoisotopic (exact) mass is 307 g/mol. The summed E-state index contributed by atoms with van der Waals surface area (Å²) in [5.41, 5.74) is 2.73. The molecule has 0 atom stereocenters. The fourth-order valence-electron chi connectivity index (χ4n) is 2.29. The second-order valence-corrected chi connectivity index (χ2v) is 5.18. The molecule has 4 nitrogen and oxygen atoms in total. The van der Waals surface area contributed by atoms with E-state index in [1.165, 1.54) is 7.11 Å². The van der Waals surface area contributed by atoms with Crippen LogP contribution in [-0.2, 0) is 22.6 Å². The van der Waals surface area contributed by atoms with Gasteiger partial charge in [0.05, 0.1) is 24.7 Å². The Balaban J connectivity index is 1.63. The van der Waals surface area contributed by atoms with Crippen molar-refractivity contribution in [3.63, 3.8) is 0 Å². The van der Waals surface area contributed by atoms with Crippen LogP contribution in [0.15, 0.2) is 60.7 Å². The lowest BCUT2D eigenvalue weighted by molar-refractivity contribution is -0.139. The number of esters is 1. The van der Waals surface area contributed by atoms with Crippen molar-refractivity contribution in [3.8, 4) is 5.75 Å². The number of pyridine rings is 1. The molecule has 0 saturated carbocycles. The number of nitrogens with zero attached hydrogens (tertiary/aromatic N) is 1. The summed E-state index contributed by atoms with van der Waals surface area (Å²) in [4.78, 5) is 15.8. The minimum absolute atomic E-state index is 0.251. The zero-order valence-electron chi connectivity index (χ0n) is 12.9. The number of ether oxygens (including phenoxy) is 2. The molecule has 0 unspecified atom stereocenters. The molecule has 0 saturated heterocycles. The zero-order valence-corrected chi connectivity index (χ0v) is 12.9. The number of carbonyl (C=O) groups excluding carboxylic acids is 1. The Morgan fingerprint density at radius 2 is 1.78 bits per heavy atom. The minimum atomic E-state index is -0.251. The molecule has 116 valence electrons. The molecular formula is C19H17NO3. The second kappa shape index (κ2) is 6.92. The topological polar surface area (TPSA) is 48.4 Å². The lowest BCUT2D eigenvalue weighted by Gasteiger charge is -2.07. The first kappa shape index (κ1) is 15.0. The van der Waals surface area contributed by atoms with Gasteiger partial charge in [-0.05, 0) is 29.8 Å². The van der Waals surface area contributed by atoms with Crippen LogP contribution >= 0.6 is 0 Å². The molecule has 0 fully saturated rings. The van der Waals surface area contributed by atoms with Gasteiger partial charge in [-0.3, -0.25) is 4.79 Å². The third-order valence-corrected chi connectivity index (χ3v) is 3.54. The van der Waals surface area contributed by atoms with Crippen molar-refractivity contribution < 1.29 is 14.3 Å². The molecule has 0 aliphatic carbocycles. The maximum Gasteiger partial charge on any atom is 0.309 e. The molecule has 1 heterocycles. The smallest absolute Gasteiger partial charge is 0.309 e. The largest absolute Gasteiger partial charge is 0.487 e. The van der Waals surface area contributed by atoms with Crippen molar-refractivity contribution in [2.45, 2.75) is 13.0 Å². The van der Waals surface area contributed by atoms with E-state index in [2.05, 4.69) is 9.72 Å². The second-order valence-electron chi connectivity index (χ2n) is 5.18. The molecule has 1 aromatic heterocycles. The number of para-hydroxylation sites is 1. The Labute approximate surface area is 134 Å². The Kier molecular flexibility index (Phi) is 4.52. The fraction of sp³-hybridized carbons (Fsp3) is 0.158. The number of rotatable bonds is 5. The molecule has 0 bridgehead atoms. The highest BCUT2D eigenvalue weighted by Gasteiger charge is 2.04. The number of hydrogen-bond donors (Lipinski definition) is 0. The number of carbonyl (C=O) groups is 1. The minimum Gasteiger partial charge on any atom is -0.487 e. The summed E-state index contributed by atoms with van der Waals surface area (Å²) in [6, 6.07) is 19.4. The maximum atomic E-state index is 11.2. The van der Waals surface area contributed by atoms with E-state index in [0.717, 1.165) is 27.9 Å². The standard InChI is InChI=1S/C19H17NO3/c1-22-19(21)12-14-6-10-17(11-7-14)23-13-16-9-8-15-4-2-3-5-18(15)20-16/h2-11H,12-13H2,1H3. The van der Waals surface area contributed by atoms with Crippen molar-refractivity contribution in [2.75, 3.05) is 7.11 Å². The highest BCUT2D eigenvalue weighted by Crippen LogP contribution is 2.16. The first-order valence-electron chi connectivity index (χ1n) is 7.38. The van der Waals surface area contributed by atoms with Crippen molar-refractivity contribution >= 4 is 16.9 Å². The number of fused-ring (bicyclic) bond motifs is 1. The van der Waals surface area contributed by atoms with Crippen LogP contribution < -0.4 is 4.74 Å². The van der Waals surface area contributed by atoms with Crippen LogP contribution in [0.4, 0.5) is 0 Å². The molecule has 4 heteroatoms. The van der Waals surface area contributed by atoms with Crippen LogP contribution in [0.1, 0.15) is 11.3 Å². The quantitative estimate of drug-likeness (QED) is 0.677. The highest BCUT2D eigenvalue weighted by molar-refractivity contribution is 5.78. The van der Waals surface area contributed by atoms with Gasteiger partial charge in [-0.1, -0.05) is 36.4 Å². The average Bonchev–Trinajstić information content (AvgIpc) is 2.61. The van der Waals surface area contributed by atoms with Gasteiger partial charge in [0.1, 0.15) is 12.4 Å². The van der Waals surface area contributed by atoms with E-state index < -0.39 is 0 Å². The molecule has 0 amide bonds. The maximum absolute atomic E-state index is 11.2. The normalized spacial score (nSPS) is 10.5. The first-order valence-corrected chi connectivity index (χ1v) is 7.38. The van der Waals surface area contributed by atoms with Gasteiger partial charge in [-0.25, -0.2) is 4.98 Å². The molecular weight excluding hydrogens is 290 g/mol. The Morgan fingerprint density at radius 1 is 1.00 bits per heavy atom. The summed E-state index contributed by atoms with van der Waals surface area (Å²) in [6.45, 7) is 0.404. The summed E-state index contributed by atoms with van der Waals surface area (Å²) in [5, 5.41) is 1.11. The van der Waals surface area contributed by atoms with Crippen LogP contribution in [0.25, 0.3) is 10.9 Å². The average molecular weight is 307 g/mol. The number of hydrogen-bond acceptors (Lipinski definition) is 4. The van der Waals surface area contributed by atoms with Crippen LogP contribution in [0.2, 0.25) is 0 Å². The van der Waals surface area contributed by atoms with Gasteiger partial charge < -0.3 is 9.47 Å². The molecule has 3 rings (SSSR count). The molecule has 0 radical (unpaired) electrons. The molecule has 0 spiro atoms. The third kappa shape index (κ3) is 3.86. The van der Waals surface area contributed by atoms with E-state index in [1.54, 1.807) is 0 Å². The van der Waals surface area contributed by atoms with Crippen molar-refractivity contribution in [1.29, 1.82) is 0 Å². The van der Waals surface area contributed by atoms with E-state index in [9.17, 15) is 4.79 Å². The fourth-order valence-corrected chi connectivity index (χ4v) is 2.29. The molecule has 0 aliphatic rings. The lowest BCUT2D eigenvalue weighted by atomic mass is 10.1. The van der Waals surface area contributed by atoms with Gasteiger partial charge in [0, 0.05) is 5.39 Å². The van der Waals surface area contributed by atoms with Gasteiger partial charge in [-0.15, -0.1) is 0 Å². The first-order chi connectivity index (χ1) is 11.2. The summed E-state index contributed by atoms with van der Waals surface area (Å²) in [6.07, 6.45) is 0.267. The molecule has 3 aromatic rings. The molecule has 0 N–H and O–H groups in total. The van der Waals surface area contributed by atoms with Crippen LogP contribution in [0.3, 0.4) is 0 Å². The van der Waals surface area contributed by atoms with Crippen LogP contribution in [-0.4, -0.2) is 18.1 Å². The Bertz CT molecular complexity index is 812. The zero-order chi connectivity index (χ0) is 16.1. The number of aromatic nitrogens is 1. The number of methoxy groups -OCH3 is 1. The van der Waals surface area contributed by atoms with E-state index in [-0.39, 0.29) is 12.4 Å². The molecule has 23 heavy (non-hydrogen) atoms. The highest BCUT2D eigenvalue weighted by atomic mass is 16.5. The van der Waals surface area contributed by atoms with Crippen molar-refractivity contribution in [2.24, 2.45) is 0 Å². The number of benzene rings is 2. The van der Waals surface area contributed by atoms with E-state index in [0.29, 0.717) is 6.61 Å². The van der Waals surface area contributed by atoms with E-state index in [4.69, 9.17) is 4.74 Å². The lowest BCUT2D eigenvalue weighted by Crippen LogP contribution is -2.04. The third-order valence-electron chi connectivity index (χ3n) is 3.54. The van der Waals surface area contributed by atoms with Gasteiger partial charge in [-0.2, -0.15) is 0 Å². The van der Waals surface area contributed by atoms with E-state index >= 15 is 0 Å². The SMILES string of the molecule is COC(=O)Cc1ccc(OCc2ccc3ccccc3n2)cc1. The van der Waals surface area contributed by atoms with Crippen LogP contribution in [0, 0.1) is 0 Å². The van der Waals surface area contributed by atoms with Gasteiger partial charge in [0.15, 0.2) is 0 Å². The van der Waals surface area contributed by atoms with E-state index in [1.807, 2.05) is 60.7 Å². The van der Waals surface area contributed by atoms with Gasteiger partial charge >= 0.3 is 5.97 Å². The van der Waals surface area contributed by atoms with Crippen molar-refractivity contribution in [3.05, 3.63) is 71.9 Å². The summed E-state index contributed by atoms with van der Waals surface area (Å²) >= 11 is 0. The summed E-state index contributed by atoms with van der Waals surface area (Å²) < 4.78 is 10.4. The Hall–Kier alpha value is -2.88. The van der Waals surface area contributed by atoms with Crippen molar-refractivity contribution in [1.82, 2.24) is 4.98 Å². The van der Waals surface area contributed by atoms with Crippen LogP contribution in [0.5, 0.6) is 5.75 Å². The summed E-state index contributed by atoms with van der Waals surface area (Å²) in [5.74, 6) is 0.493. The predicted molar refractivity (Wildman–Crippen MR) is 88.2 cm³/mol. The summed E-state index contributed by atoms with van der Waals surface area (Å²) in [7, 11) is 1.39. The Morgan fingerprint density at radius 3 is 2.57 bits per heavy atom. The van der Waals surface area contributed by atoms with Gasteiger partial charge in [0.2, 0.25) is 0 Å². The molecule has 2 aromatic carbocycles. The van der Waals surface area contributed by atoms with Gasteiger partial charge in [0.25, 0.3) is 0 Å². The predicted octanol–water partition coefficient (Wildman–Crippen LogP) is 3.53.